The van der Waals surface area contributed by atoms with Crippen molar-refractivity contribution in [2.45, 2.75) is 24.5 Å². The summed E-state index contributed by atoms with van der Waals surface area (Å²) in [5.74, 6) is -12.1. The van der Waals surface area contributed by atoms with E-state index in [1.54, 1.807) is 0 Å². The van der Waals surface area contributed by atoms with E-state index in [0.717, 1.165) is 6.07 Å². The number of fused-ring (bicyclic) bond motifs is 3. The summed E-state index contributed by atoms with van der Waals surface area (Å²) in [6, 6.07) is 1.27. The Bertz CT molecular complexity index is 1230. The number of hydrogen-bond donors (Lipinski definition) is 4. The maximum Gasteiger partial charge on any atom is 0.235 e. The van der Waals surface area contributed by atoms with Gasteiger partial charge in [0, 0.05) is 18.0 Å². The van der Waals surface area contributed by atoms with Crippen LogP contribution in [0.25, 0.3) is 0 Å². The minimum atomic E-state index is -2.81. The average Bonchev–Trinajstić information content (AvgIpc) is 2.81. The molecule has 2 fully saturated rings. The second-order valence-corrected chi connectivity index (χ2v) is 10.1. The lowest BCUT2D eigenvalue weighted by Crippen LogP contribution is -2.74. The summed E-state index contributed by atoms with van der Waals surface area (Å²) in [7, 11) is 2.99. The van der Waals surface area contributed by atoms with Crippen LogP contribution in [-0.2, 0) is 25.6 Å². The number of aromatic hydroxyl groups is 1. The van der Waals surface area contributed by atoms with E-state index in [4.69, 9.17) is 5.73 Å². The van der Waals surface area contributed by atoms with Crippen molar-refractivity contribution in [1.82, 2.24) is 10.2 Å². The molecule has 5 N–H and O–H groups in total. The van der Waals surface area contributed by atoms with Crippen molar-refractivity contribution in [2.75, 3.05) is 33.9 Å². The zero-order valence-corrected chi connectivity index (χ0v) is 20.3. The monoisotopic (exact) mass is 517 g/mol. The first-order valence-corrected chi connectivity index (χ1v) is 11.9. The SMILES string of the molecule is CN(C)[C@@H]1C(=O)C(C(N)=O)C(=O)[C@@]2(O)C(=O)C3C(=O)c4c(O)ccc(C(=O)CNCCF)c4C[C@H]3C[C@@H]12. The third-order valence-electron chi connectivity index (χ3n) is 7.80. The van der Waals surface area contributed by atoms with Crippen molar-refractivity contribution >= 4 is 34.8 Å². The Hall–Kier alpha value is -3.35. The van der Waals surface area contributed by atoms with Gasteiger partial charge in [0.15, 0.2) is 40.4 Å². The minimum Gasteiger partial charge on any atom is -0.507 e. The van der Waals surface area contributed by atoms with Crippen LogP contribution < -0.4 is 11.1 Å². The normalized spacial score (nSPS) is 31.1. The predicted molar refractivity (Wildman–Crippen MR) is 125 cm³/mol. The largest absolute Gasteiger partial charge is 0.507 e. The van der Waals surface area contributed by atoms with Crippen molar-refractivity contribution < 1.29 is 43.4 Å². The standard InChI is InChI=1S/C25H28FN3O8/c1-29(2)19-13-8-10-7-12-11(15(31)9-28-6-5-26)3-4-14(30)17(12)20(32)16(10)22(34)25(13,37)23(35)18(21(19)33)24(27)36/h3-4,10,13,16,18-19,28,30,37H,5-9H2,1-2H3,(H2,27,36)/t10-,13-,16?,18?,19-,25-/m0/s1. The van der Waals surface area contributed by atoms with E-state index >= 15 is 0 Å². The molecular formula is C25H28FN3O8. The Balaban J connectivity index is 1.81. The highest BCUT2D eigenvalue weighted by molar-refractivity contribution is 6.32. The number of aliphatic hydroxyl groups is 1. The summed E-state index contributed by atoms with van der Waals surface area (Å²) in [4.78, 5) is 79.8. The van der Waals surface area contributed by atoms with Crippen LogP contribution in [0.1, 0.15) is 32.7 Å². The van der Waals surface area contributed by atoms with Gasteiger partial charge in [-0.3, -0.25) is 33.7 Å². The molecule has 4 rings (SSSR count). The molecule has 0 aromatic heterocycles. The van der Waals surface area contributed by atoms with Gasteiger partial charge in [-0.2, -0.15) is 0 Å². The van der Waals surface area contributed by atoms with Gasteiger partial charge < -0.3 is 21.3 Å². The molecule has 0 bridgehead atoms. The summed E-state index contributed by atoms with van der Waals surface area (Å²) < 4.78 is 12.4. The lowest BCUT2D eigenvalue weighted by molar-refractivity contribution is -0.181. The van der Waals surface area contributed by atoms with Crippen molar-refractivity contribution in [2.24, 2.45) is 29.4 Å². The van der Waals surface area contributed by atoms with Gasteiger partial charge in [0.1, 0.15) is 12.4 Å². The van der Waals surface area contributed by atoms with E-state index in [1.165, 1.54) is 25.1 Å². The molecule has 0 heterocycles. The van der Waals surface area contributed by atoms with E-state index < -0.39 is 82.6 Å². The van der Waals surface area contributed by atoms with E-state index in [9.17, 15) is 43.4 Å². The lowest BCUT2D eigenvalue weighted by atomic mass is 9.52. The van der Waals surface area contributed by atoms with Gasteiger partial charge in [-0.15, -0.1) is 0 Å². The van der Waals surface area contributed by atoms with E-state index in [1.807, 2.05) is 0 Å². The average molecular weight is 518 g/mol. The molecule has 0 aliphatic heterocycles. The second kappa shape index (κ2) is 9.51. The van der Waals surface area contributed by atoms with Gasteiger partial charge >= 0.3 is 0 Å². The highest BCUT2D eigenvalue weighted by atomic mass is 19.1. The number of ketones is 5. The molecule has 3 aliphatic carbocycles. The van der Waals surface area contributed by atoms with Crippen LogP contribution in [0.2, 0.25) is 0 Å². The molecule has 1 aromatic rings. The molecular weight excluding hydrogens is 489 g/mol. The molecule has 3 aliphatic rings. The lowest BCUT2D eigenvalue weighted by Gasteiger charge is -2.52. The molecule has 2 unspecified atom stereocenters. The quantitative estimate of drug-likeness (QED) is 0.191. The number of rotatable bonds is 7. The van der Waals surface area contributed by atoms with Gasteiger partial charge in [-0.1, -0.05) is 0 Å². The van der Waals surface area contributed by atoms with Crippen LogP contribution >= 0.6 is 0 Å². The summed E-state index contributed by atoms with van der Waals surface area (Å²) in [6.45, 7) is -0.952. The molecule has 0 spiro atoms. The maximum atomic E-state index is 13.7. The predicted octanol–water partition coefficient (Wildman–Crippen LogP) is -1.39. The number of carbonyl (C=O) groups excluding carboxylic acids is 6. The van der Waals surface area contributed by atoms with Gasteiger partial charge in [0.2, 0.25) is 5.91 Å². The zero-order chi connectivity index (χ0) is 27.4. The molecule has 37 heavy (non-hydrogen) atoms. The molecule has 198 valence electrons. The number of carbonyl (C=O) groups is 6. The zero-order valence-electron chi connectivity index (χ0n) is 20.3. The first-order chi connectivity index (χ1) is 17.4. The number of amides is 1. The number of nitrogens with one attached hydrogen (secondary N) is 1. The molecule has 12 heteroatoms. The molecule has 1 aromatic carbocycles. The van der Waals surface area contributed by atoms with Crippen LogP contribution in [-0.4, -0.2) is 95.4 Å². The molecule has 0 radical (unpaired) electrons. The first kappa shape index (κ1) is 26.7. The van der Waals surface area contributed by atoms with Crippen molar-refractivity contribution in [3.8, 4) is 5.75 Å². The number of primary amides is 1. The number of nitrogens with zero attached hydrogens (tertiary/aromatic N) is 1. The van der Waals surface area contributed by atoms with Gasteiger partial charge in [-0.25, -0.2) is 4.39 Å². The van der Waals surface area contributed by atoms with Crippen molar-refractivity contribution in [3.63, 3.8) is 0 Å². The summed E-state index contributed by atoms with van der Waals surface area (Å²) in [5.41, 5.74) is 2.55. The minimum absolute atomic E-state index is 0.0234. The second-order valence-electron chi connectivity index (χ2n) is 10.1. The fraction of sp³-hybridized carbons (Fsp3) is 0.520. The van der Waals surface area contributed by atoms with Gasteiger partial charge in [0.25, 0.3) is 0 Å². The Kier molecular flexibility index (Phi) is 6.86. The van der Waals surface area contributed by atoms with Gasteiger partial charge in [0.05, 0.1) is 24.1 Å². The number of alkyl halides is 1. The van der Waals surface area contributed by atoms with E-state index in [-0.39, 0.29) is 42.6 Å². The first-order valence-electron chi connectivity index (χ1n) is 11.9. The summed E-state index contributed by atoms with van der Waals surface area (Å²) >= 11 is 0. The number of hydrogen-bond acceptors (Lipinski definition) is 10. The number of likely N-dealkylation sites (N-methyl/N-ethyl adjacent to an activating group) is 1. The Morgan fingerprint density at radius 3 is 2.46 bits per heavy atom. The molecule has 6 atom stereocenters. The van der Waals surface area contributed by atoms with Crippen molar-refractivity contribution in [1.29, 1.82) is 0 Å². The number of benzene rings is 1. The fourth-order valence-corrected chi connectivity index (χ4v) is 6.23. The van der Waals surface area contributed by atoms with Crippen LogP contribution in [0, 0.1) is 23.7 Å². The van der Waals surface area contributed by atoms with Crippen LogP contribution in [0.15, 0.2) is 12.1 Å². The number of halogens is 1. The molecule has 1 amide bonds. The highest BCUT2D eigenvalue weighted by Crippen LogP contribution is 2.51. The molecule has 11 nitrogen and oxygen atoms in total. The molecule has 2 saturated carbocycles. The fourth-order valence-electron chi connectivity index (χ4n) is 6.23. The highest BCUT2D eigenvalue weighted by Gasteiger charge is 2.69. The Morgan fingerprint density at radius 1 is 1.19 bits per heavy atom. The number of nitrogens with two attached hydrogens (primary N) is 1. The number of Topliss-reactive ketones (excluding diaryl/α,β-unsaturated/α-hetero) is 5. The van der Waals surface area contributed by atoms with E-state index in [0.29, 0.717) is 0 Å². The maximum absolute atomic E-state index is 13.7. The number of phenols is 1. The van der Waals surface area contributed by atoms with Crippen LogP contribution in [0.4, 0.5) is 4.39 Å². The Labute approximate surface area is 211 Å². The topological polar surface area (TPSA) is 184 Å². The molecule has 0 saturated heterocycles. The van der Waals surface area contributed by atoms with Crippen LogP contribution in [0.5, 0.6) is 5.75 Å². The van der Waals surface area contributed by atoms with Gasteiger partial charge in [-0.05, 0) is 50.6 Å². The number of phenolic OH excluding ortho intramolecular Hbond substituents is 1. The van der Waals surface area contributed by atoms with Crippen molar-refractivity contribution in [3.05, 3.63) is 28.8 Å². The summed E-state index contributed by atoms with van der Waals surface area (Å²) in [6.07, 6.45) is -0.141. The van der Waals surface area contributed by atoms with Crippen LogP contribution in [0.3, 0.4) is 0 Å². The third-order valence-corrected chi connectivity index (χ3v) is 7.80. The third kappa shape index (κ3) is 3.90. The Morgan fingerprint density at radius 2 is 1.86 bits per heavy atom. The summed E-state index contributed by atoms with van der Waals surface area (Å²) in [5, 5.41) is 24.6. The smallest absolute Gasteiger partial charge is 0.235 e. The van der Waals surface area contributed by atoms with E-state index in [2.05, 4.69) is 5.32 Å².